The maximum atomic E-state index is 13.0. The highest BCUT2D eigenvalue weighted by Gasteiger charge is 2.59. The smallest absolute Gasteiger partial charge is 0.224 e. The first-order valence-electron chi connectivity index (χ1n) is 10.4. The minimum atomic E-state index is -0.187. The van der Waals surface area contributed by atoms with Gasteiger partial charge in [-0.2, -0.15) is 0 Å². The number of nitrogens with one attached hydrogen (secondary N) is 1. The number of para-hydroxylation sites is 1. The van der Waals surface area contributed by atoms with Crippen LogP contribution in [0.15, 0.2) is 91.0 Å². The number of nitrogens with zero attached hydrogens (tertiary/aromatic N) is 1. The van der Waals surface area contributed by atoms with E-state index in [9.17, 15) is 4.79 Å². The Bertz CT molecular complexity index is 885. The molecule has 3 aromatic carbocycles. The molecule has 148 valence electrons. The molecule has 4 rings (SSSR count). The molecule has 0 saturated heterocycles. The van der Waals surface area contributed by atoms with Gasteiger partial charge in [-0.3, -0.25) is 4.79 Å². The second-order valence-electron chi connectivity index (χ2n) is 7.86. The van der Waals surface area contributed by atoms with Crippen molar-refractivity contribution in [2.45, 2.75) is 18.3 Å². The third-order valence-electron chi connectivity index (χ3n) is 6.02. The summed E-state index contributed by atoms with van der Waals surface area (Å²) in [7, 11) is 2.09. The molecule has 1 aliphatic carbocycles. The molecule has 1 saturated carbocycles. The average molecular weight is 385 g/mol. The Labute approximate surface area is 173 Å². The van der Waals surface area contributed by atoms with Gasteiger partial charge in [0.05, 0.1) is 5.92 Å². The van der Waals surface area contributed by atoms with Crippen molar-refractivity contribution in [2.75, 3.05) is 25.0 Å². The number of anilines is 1. The van der Waals surface area contributed by atoms with Gasteiger partial charge in [0.25, 0.3) is 0 Å². The number of carbonyl (C=O) groups is 1. The molecule has 3 aromatic rings. The summed E-state index contributed by atoms with van der Waals surface area (Å²) in [5, 5.41) is 3.18. The highest BCUT2D eigenvalue weighted by molar-refractivity contribution is 5.86. The van der Waals surface area contributed by atoms with Crippen molar-refractivity contribution >= 4 is 11.6 Å². The largest absolute Gasteiger partial charge is 0.375 e. The zero-order valence-corrected chi connectivity index (χ0v) is 16.9. The third kappa shape index (κ3) is 4.04. The topological polar surface area (TPSA) is 32.3 Å². The Morgan fingerprint density at radius 3 is 1.97 bits per heavy atom. The van der Waals surface area contributed by atoms with Crippen molar-refractivity contribution < 1.29 is 4.79 Å². The van der Waals surface area contributed by atoms with Crippen LogP contribution in [0.2, 0.25) is 0 Å². The second-order valence-corrected chi connectivity index (χ2v) is 7.86. The van der Waals surface area contributed by atoms with E-state index in [4.69, 9.17) is 0 Å². The van der Waals surface area contributed by atoms with Gasteiger partial charge in [-0.05, 0) is 36.1 Å². The van der Waals surface area contributed by atoms with E-state index >= 15 is 0 Å². The Balaban J connectivity index is 1.36. The van der Waals surface area contributed by atoms with Crippen LogP contribution in [0, 0.1) is 5.92 Å². The van der Waals surface area contributed by atoms with Gasteiger partial charge >= 0.3 is 0 Å². The van der Waals surface area contributed by atoms with E-state index in [2.05, 4.69) is 77.9 Å². The minimum Gasteiger partial charge on any atom is -0.375 e. The van der Waals surface area contributed by atoms with E-state index < -0.39 is 0 Å². The lowest BCUT2D eigenvalue weighted by Gasteiger charge is -2.20. The molecule has 3 nitrogen and oxygen atoms in total. The Hall–Kier alpha value is -3.07. The Morgan fingerprint density at radius 2 is 1.41 bits per heavy atom. The molecule has 1 aliphatic rings. The van der Waals surface area contributed by atoms with Crippen LogP contribution in [0.5, 0.6) is 0 Å². The van der Waals surface area contributed by atoms with E-state index in [-0.39, 0.29) is 17.2 Å². The van der Waals surface area contributed by atoms with Crippen LogP contribution in [-0.2, 0) is 10.2 Å². The first-order chi connectivity index (χ1) is 14.2. The summed E-state index contributed by atoms with van der Waals surface area (Å²) in [4.78, 5) is 15.2. The Morgan fingerprint density at radius 1 is 0.897 bits per heavy atom. The fraction of sp³-hybridized carbons (Fsp3) is 0.269. The van der Waals surface area contributed by atoms with Crippen LogP contribution in [0.3, 0.4) is 0 Å². The monoisotopic (exact) mass is 384 g/mol. The van der Waals surface area contributed by atoms with Crippen molar-refractivity contribution in [3.63, 3.8) is 0 Å². The molecule has 1 fully saturated rings. The predicted molar refractivity (Wildman–Crippen MR) is 119 cm³/mol. The first-order valence-corrected chi connectivity index (χ1v) is 10.4. The highest BCUT2D eigenvalue weighted by atomic mass is 16.2. The summed E-state index contributed by atoms with van der Waals surface area (Å²) in [6.07, 6.45) is 1.80. The summed E-state index contributed by atoms with van der Waals surface area (Å²) in [5.74, 6) is 0.166. The van der Waals surface area contributed by atoms with E-state index in [0.717, 1.165) is 19.4 Å². The van der Waals surface area contributed by atoms with Gasteiger partial charge in [0, 0.05) is 31.2 Å². The quantitative estimate of drug-likeness (QED) is 0.574. The van der Waals surface area contributed by atoms with Gasteiger partial charge in [0.1, 0.15) is 0 Å². The number of benzene rings is 3. The van der Waals surface area contributed by atoms with Crippen molar-refractivity contribution in [1.29, 1.82) is 0 Å². The van der Waals surface area contributed by atoms with Gasteiger partial charge in [-0.15, -0.1) is 0 Å². The Kier molecular flexibility index (Phi) is 5.66. The van der Waals surface area contributed by atoms with Gasteiger partial charge in [-0.1, -0.05) is 78.9 Å². The van der Waals surface area contributed by atoms with Gasteiger partial charge in [0.15, 0.2) is 0 Å². The summed E-state index contributed by atoms with van der Waals surface area (Å²) in [6, 6.07) is 31.2. The van der Waals surface area contributed by atoms with Crippen molar-refractivity contribution in [3.05, 3.63) is 102 Å². The summed E-state index contributed by atoms with van der Waals surface area (Å²) < 4.78 is 0. The summed E-state index contributed by atoms with van der Waals surface area (Å²) in [6.45, 7) is 1.61. The molecule has 1 atom stereocenters. The zero-order chi connectivity index (χ0) is 20.1. The van der Waals surface area contributed by atoms with E-state index in [0.29, 0.717) is 6.54 Å². The number of rotatable bonds is 8. The van der Waals surface area contributed by atoms with Crippen LogP contribution >= 0.6 is 0 Å². The van der Waals surface area contributed by atoms with Crippen molar-refractivity contribution in [1.82, 2.24) is 5.32 Å². The van der Waals surface area contributed by atoms with Gasteiger partial charge in [0.2, 0.25) is 5.91 Å². The molecule has 0 heterocycles. The lowest BCUT2D eigenvalue weighted by Crippen LogP contribution is -2.31. The minimum absolute atomic E-state index is 0.000784. The molecule has 29 heavy (non-hydrogen) atoms. The van der Waals surface area contributed by atoms with E-state index in [1.807, 2.05) is 30.3 Å². The van der Waals surface area contributed by atoms with Gasteiger partial charge in [-0.25, -0.2) is 0 Å². The number of amides is 1. The molecule has 0 aliphatic heterocycles. The van der Waals surface area contributed by atoms with Crippen LogP contribution in [0.1, 0.15) is 24.0 Å². The van der Waals surface area contributed by atoms with Crippen LogP contribution in [-0.4, -0.2) is 26.0 Å². The fourth-order valence-electron chi connectivity index (χ4n) is 4.32. The van der Waals surface area contributed by atoms with Gasteiger partial charge < -0.3 is 10.2 Å². The van der Waals surface area contributed by atoms with Crippen LogP contribution in [0.25, 0.3) is 0 Å². The van der Waals surface area contributed by atoms with E-state index in [1.165, 1.54) is 16.8 Å². The molecule has 0 radical (unpaired) electrons. The maximum Gasteiger partial charge on any atom is 0.224 e. The predicted octanol–water partition coefficient (Wildman–Crippen LogP) is 4.64. The normalized spacial score (nSPS) is 16.8. The second kappa shape index (κ2) is 8.52. The standard InChI is InChI=1S/C26H28N2O/c1-28(23-16-9-4-10-17-23)19-11-18-27-25(29)24-20-26(24,21-12-5-2-6-13-21)22-14-7-3-8-15-22/h2-10,12-17,24H,11,18-20H2,1H3,(H,27,29). The van der Waals surface area contributed by atoms with Crippen LogP contribution < -0.4 is 10.2 Å². The summed E-state index contributed by atoms with van der Waals surface area (Å²) in [5.41, 5.74) is 3.48. The highest BCUT2D eigenvalue weighted by Crippen LogP contribution is 2.58. The molecule has 0 spiro atoms. The molecule has 3 heteroatoms. The van der Waals surface area contributed by atoms with Crippen molar-refractivity contribution in [2.24, 2.45) is 5.92 Å². The average Bonchev–Trinajstić information content (AvgIpc) is 3.55. The molecule has 0 aromatic heterocycles. The number of carbonyl (C=O) groups excluding carboxylic acids is 1. The lowest BCUT2D eigenvalue weighted by atomic mass is 9.85. The molecule has 1 N–H and O–H groups in total. The fourth-order valence-corrected chi connectivity index (χ4v) is 4.32. The third-order valence-corrected chi connectivity index (χ3v) is 6.02. The first kappa shape index (κ1) is 19.3. The molecule has 1 amide bonds. The van der Waals surface area contributed by atoms with Crippen molar-refractivity contribution in [3.8, 4) is 0 Å². The number of hydrogen-bond acceptors (Lipinski definition) is 2. The summed E-state index contributed by atoms with van der Waals surface area (Å²) >= 11 is 0. The molecular weight excluding hydrogens is 356 g/mol. The SMILES string of the molecule is CN(CCCNC(=O)C1CC1(c1ccccc1)c1ccccc1)c1ccccc1. The van der Waals surface area contributed by atoms with E-state index in [1.54, 1.807) is 0 Å². The molecule has 1 unspecified atom stereocenters. The molecule has 0 bridgehead atoms. The lowest BCUT2D eigenvalue weighted by molar-refractivity contribution is -0.122. The molecular formula is C26H28N2O. The zero-order valence-electron chi connectivity index (χ0n) is 16.9. The maximum absolute atomic E-state index is 13.0. The number of hydrogen-bond donors (Lipinski definition) is 1. The van der Waals surface area contributed by atoms with Crippen LogP contribution in [0.4, 0.5) is 5.69 Å².